The van der Waals surface area contributed by atoms with E-state index in [-0.39, 0.29) is 32.0 Å². The molecule has 0 spiro atoms. The molecule has 2 fully saturated rings. The highest BCUT2D eigenvalue weighted by Gasteiger charge is 2.49. The van der Waals surface area contributed by atoms with Gasteiger partial charge in [-0.25, -0.2) is 18.4 Å². The van der Waals surface area contributed by atoms with E-state index in [9.17, 15) is 23.2 Å². The Morgan fingerprint density at radius 2 is 1.67 bits per heavy atom. The van der Waals surface area contributed by atoms with Gasteiger partial charge < -0.3 is 25.1 Å². The smallest absolute Gasteiger partial charge is 0.410 e. The molecule has 1 saturated heterocycles. The minimum atomic E-state index is -2.99. The van der Waals surface area contributed by atoms with Gasteiger partial charge in [0.05, 0.1) is 5.41 Å². The van der Waals surface area contributed by atoms with Gasteiger partial charge >= 0.3 is 12.1 Å². The molecule has 0 atom stereocenters. The van der Waals surface area contributed by atoms with Crippen LogP contribution in [0.1, 0.15) is 81.2 Å². The first-order valence-corrected chi connectivity index (χ1v) is 14.0. The Bertz CT molecular complexity index is 1310. The van der Waals surface area contributed by atoms with E-state index >= 15 is 0 Å². The number of nitrogens with two attached hydrogens (primary N) is 1. The number of aromatic nitrogens is 2. The summed E-state index contributed by atoms with van der Waals surface area (Å²) in [5.74, 6) is -1.43. The number of oxime groups is 1. The van der Waals surface area contributed by atoms with Crippen LogP contribution >= 0.6 is 0 Å². The van der Waals surface area contributed by atoms with E-state index in [4.69, 9.17) is 15.3 Å². The second-order valence-electron chi connectivity index (χ2n) is 11.0. The van der Waals surface area contributed by atoms with Gasteiger partial charge in [-0.15, -0.1) is 0 Å². The first kappa shape index (κ1) is 32.5. The molecule has 1 aliphatic heterocycles. The molecule has 4 rings (SSSR count). The molecule has 2 amide bonds. The molecule has 1 aliphatic carbocycles. The van der Waals surface area contributed by atoms with Gasteiger partial charge in [-0.05, 0) is 51.7 Å². The van der Waals surface area contributed by atoms with Crippen LogP contribution < -0.4 is 5.73 Å². The van der Waals surface area contributed by atoms with Crippen LogP contribution in [0.25, 0.3) is 0 Å². The Kier molecular flexibility index (Phi) is 10.3. The predicted octanol–water partition coefficient (Wildman–Crippen LogP) is 4.40. The summed E-state index contributed by atoms with van der Waals surface area (Å²) in [5.41, 5.74) is 5.99. The third-order valence-electron chi connectivity index (χ3n) is 6.94. The molecule has 2 heterocycles. The van der Waals surface area contributed by atoms with Crippen LogP contribution in [0.4, 0.5) is 13.6 Å². The van der Waals surface area contributed by atoms with Crippen molar-refractivity contribution >= 4 is 23.8 Å². The lowest BCUT2D eigenvalue weighted by Gasteiger charge is -2.35. The van der Waals surface area contributed by atoms with Gasteiger partial charge in [-0.3, -0.25) is 9.48 Å². The quantitative estimate of drug-likeness (QED) is 0.219. The number of piperazine rings is 1. The highest BCUT2D eigenvalue weighted by Crippen LogP contribution is 2.49. The van der Waals surface area contributed by atoms with Crippen LogP contribution in [0.15, 0.2) is 35.5 Å². The summed E-state index contributed by atoms with van der Waals surface area (Å²) < 4.78 is 33.6. The number of ether oxygens (including phenoxy) is 1. The first-order valence-electron chi connectivity index (χ1n) is 14.0. The summed E-state index contributed by atoms with van der Waals surface area (Å²) in [6.45, 7) is 11.6. The number of benzene rings is 1. The van der Waals surface area contributed by atoms with E-state index in [1.807, 2.05) is 45.0 Å². The highest BCUT2D eigenvalue weighted by molar-refractivity contribution is 5.95. The summed E-state index contributed by atoms with van der Waals surface area (Å²) in [6, 6.07) is 8.57. The summed E-state index contributed by atoms with van der Waals surface area (Å²) in [6.07, 6.45) is -1.99. The van der Waals surface area contributed by atoms with Gasteiger partial charge in [0.25, 0.3) is 6.43 Å². The maximum atomic E-state index is 13.7. The molecular formula is C29H40F2N6O5. The molecule has 11 nitrogen and oxygen atoms in total. The number of carbonyl (C=O) groups is 3. The molecule has 2 aromatic rings. The fraction of sp³-hybridized carbons (Fsp3) is 0.552. The fourth-order valence-corrected chi connectivity index (χ4v) is 4.65. The Hall–Kier alpha value is -4.03. The lowest BCUT2D eigenvalue weighted by molar-refractivity contribution is -0.133. The van der Waals surface area contributed by atoms with Crippen LogP contribution in [0, 0.1) is 6.92 Å². The molecular weight excluding hydrogens is 550 g/mol. The monoisotopic (exact) mass is 590 g/mol. The molecule has 230 valence electrons. The lowest BCUT2D eigenvalue weighted by atomic mass is 9.91. The summed E-state index contributed by atoms with van der Waals surface area (Å²) in [4.78, 5) is 45.6. The van der Waals surface area contributed by atoms with E-state index < -0.39 is 53.3 Å². The van der Waals surface area contributed by atoms with Gasteiger partial charge in [-0.1, -0.05) is 43.3 Å². The van der Waals surface area contributed by atoms with E-state index in [2.05, 4.69) is 10.3 Å². The van der Waals surface area contributed by atoms with E-state index in [0.29, 0.717) is 0 Å². The van der Waals surface area contributed by atoms with Crippen LogP contribution in [-0.4, -0.2) is 75.2 Å². The Morgan fingerprint density at radius 1 is 1.07 bits per heavy atom. The summed E-state index contributed by atoms with van der Waals surface area (Å²) >= 11 is 0. The molecule has 2 aliphatic rings. The average molecular weight is 591 g/mol. The number of rotatable bonds is 7. The van der Waals surface area contributed by atoms with E-state index in [1.165, 1.54) is 9.80 Å². The third kappa shape index (κ3) is 7.62. The van der Waals surface area contributed by atoms with Crippen molar-refractivity contribution in [1.29, 1.82) is 0 Å². The number of aryl methyl sites for hydroxylation is 1. The molecule has 2 N–H and O–H groups in total. The number of alkyl halides is 2. The zero-order valence-electron chi connectivity index (χ0n) is 25.0. The normalized spacial score (nSPS) is 16.5. The molecule has 13 heteroatoms. The van der Waals surface area contributed by atoms with Gasteiger partial charge in [0.2, 0.25) is 5.91 Å². The topological polar surface area (TPSA) is 132 Å². The van der Waals surface area contributed by atoms with Crippen molar-refractivity contribution in [3.05, 3.63) is 52.8 Å². The Morgan fingerprint density at radius 3 is 2.21 bits per heavy atom. The predicted molar refractivity (Wildman–Crippen MR) is 152 cm³/mol. The SMILES string of the molecule is CC.Cc1ccccc1C1(/C(N)=N/OC(=O)c2cc(C(F)F)n(CC(=O)N3CCN(C(=O)OC(C)(C)C)CC3)n2)CC1. The average Bonchev–Trinajstić information content (AvgIpc) is 3.65. The molecule has 42 heavy (non-hydrogen) atoms. The molecule has 0 unspecified atom stereocenters. The van der Waals surface area contributed by atoms with Crippen molar-refractivity contribution in [1.82, 2.24) is 19.6 Å². The van der Waals surface area contributed by atoms with Crippen molar-refractivity contribution in [2.45, 2.75) is 78.4 Å². The maximum absolute atomic E-state index is 13.7. The molecule has 1 aromatic heterocycles. The van der Waals surface area contributed by atoms with Gasteiger partial charge in [0.1, 0.15) is 17.8 Å². The number of nitrogens with zero attached hydrogens (tertiary/aromatic N) is 5. The second-order valence-corrected chi connectivity index (χ2v) is 11.0. The molecule has 1 saturated carbocycles. The van der Waals surface area contributed by atoms with Gasteiger partial charge in [-0.2, -0.15) is 5.10 Å². The van der Waals surface area contributed by atoms with Crippen molar-refractivity contribution < 1.29 is 32.7 Å². The van der Waals surface area contributed by atoms with Crippen molar-refractivity contribution in [3.8, 4) is 0 Å². The van der Waals surface area contributed by atoms with Crippen molar-refractivity contribution in [2.24, 2.45) is 10.9 Å². The van der Waals surface area contributed by atoms with Crippen LogP contribution in [0.2, 0.25) is 0 Å². The number of amides is 2. The second kappa shape index (κ2) is 13.3. The largest absolute Gasteiger partial charge is 0.444 e. The number of hydrogen-bond donors (Lipinski definition) is 1. The van der Waals surface area contributed by atoms with Crippen molar-refractivity contribution in [2.75, 3.05) is 26.2 Å². The number of hydrogen-bond acceptors (Lipinski definition) is 7. The lowest BCUT2D eigenvalue weighted by Crippen LogP contribution is -2.52. The molecule has 0 bridgehead atoms. The number of carbonyl (C=O) groups excluding carboxylic acids is 3. The Labute approximate surface area is 244 Å². The molecule has 1 aromatic carbocycles. The van der Waals surface area contributed by atoms with Gasteiger partial charge in [0.15, 0.2) is 11.5 Å². The number of amidine groups is 1. The maximum Gasteiger partial charge on any atom is 0.410 e. The van der Waals surface area contributed by atoms with Crippen molar-refractivity contribution in [3.63, 3.8) is 0 Å². The van der Waals surface area contributed by atoms with Crippen LogP contribution in [0.5, 0.6) is 0 Å². The van der Waals surface area contributed by atoms with Crippen LogP contribution in [0.3, 0.4) is 0 Å². The first-order chi connectivity index (χ1) is 19.8. The minimum absolute atomic E-state index is 0.115. The molecule has 0 radical (unpaired) electrons. The zero-order chi connectivity index (χ0) is 31.2. The van der Waals surface area contributed by atoms with E-state index in [1.54, 1.807) is 20.8 Å². The Balaban J connectivity index is 0.00000237. The minimum Gasteiger partial charge on any atom is -0.444 e. The van der Waals surface area contributed by atoms with Crippen LogP contribution in [-0.2, 0) is 26.3 Å². The zero-order valence-corrected chi connectivity index (χ0v) is 25.0. The fourth-order valence-electron chi connectivity index (χ4n) is 4.65. The third-order valence-corrected chi connectivity index (χ3v) is 6.94. The standard InChI is InChI=1S/C27H34F2N6O5.C2H6/c1-17-7-5-6-8-18(17)27(9-10-27)24(30)32-40-23(37)19-15-20(22(28)29)35(31-19)16-21(36)33-11-13-34(14-12-33)25(38)39-26(2,3)4;1-2/h5-8,15,22H,9-14,16H2,1-4H3,(H2,30,32);1-2H3. The van der Waals surface area contributed by atoms with E-state index in [0.717, 1.165) is 34.7 Å². The van der Waals surface area contributed by atoms with Gasteiger partial charge in [0, 0.05) is 32.2 Å². The highest BCUT2D eigenvalue weighted by atomic mass is 19.3. The summed E-state index contributed by atoms with van der Waals surface area (Å²) in [5, 5.41) is 7.70. The summed E-state index contributed by atoms with van der Waals surface area (Å²) in [7, 11) is 0. The number of halogens is 2.